The first-order valence-corrected chi connectivity index (χ1v) is 7.55. The third-order valence-electron chi connectivity index (χ3n) is 2.95. The molecule has 0 aliphatic heterocycles. The van der Waals surface area contributed by atoms with Gasteiger partial charge in [0.05, 0.1) is 29.2 Å². The molecule has 4 heteroatoms. The third-order valence-corrected chi connectivity index (χ3v) is 4.28. The van der Waals surface area contributed by atoms with Crippen LogP contribution >= 0.6 is 0 Å². The Balaban J connectivity index is 2.15. The number of methoxy groups -OCH3 is 1. The number of ether oxygens (including phenoxy) is 1. The highest BCUT2D eigenvalue weighted by molar-refractivity contribution is 7.85. The number of carbonyl (C=O) groups is 1. The summed E-state index contributed by atoms with van der Waals surface area (Å²) in [7, 11) is 0.179. The lowest BCUT2D eigenvalue weighted by molar-refractivity contribution is 0.101. The first-order chi connectivity index (χ1) is 9.61. The quantitative estimate of drug-likeness (QED) is 0.794. The lowest BCUT2D eigenvalue weighted by Gasteiger charge is -2.07. The van der Waals surface area contributed by atoms with Crippen LogP contribution in [0.5, 0.6) is 5.75 Å². The molecular weight excluding hydrogens is 272 g/mol. The maximum Gasteiger partial charge on any atom is 0.179 e. The van der Waals surface area contributed by atoms with Crippen molar-refractivity contribution in [1.29, 1.82) is 0 Å². The molecule has 0 aromatic heterocycles. The van der Waals surface area contributed by atoms with Crippen molar-refractivity contribution in [3.05, 3.63) is 59.7 Å². The summed E-state index contributed by atoms with van der Waals surface area (Å²) in [4.78, 5) is 12.9. The predicted molar refractivity (Wildman–Crippen MR) is 79.8 cm³/mol. The van der Waals surface area contributed by atoms with Crippen LogP contribution in [0, 0.1) is 6.92 Å². The Bertz CT molecular complexity index is 632. The molecule has 0 bridgehead atoms. The van der Waals surface area contributed by atoms with E-state index in [1.54, 1.807) is 36.4 Å². The molecule has 2 aromatic carbocycles. The van der Waals surface area contributed by atoms with Crippen molar-refractivity contribution in [1.82, 2.24) is 0 Å². The summed E-state index contributed by atoms with van der Waals surface area (Å²) >= 11 is 0. The molecule has 20 heavy (non-hydrogen) atoms. The van der Waals surface area contributed by atoms with E-state index in [-0.39, 0.29) is 11.5 Å². The van der Waals surface area contributed by atoms with Crippen LogP contribution in [0.4, 0.5) is 0 Å². The van der Waals surface area contributed by atoms with Crippen LogP contribution in [0.1, 0.15) is 15.9 Å². The number of rotatable bonds is 5. The number of ketones is 1. The molecule has 0 saturated heterocycles. The second kappa shape index (κ2) is 6.48. The van der Waals surface area contributed by atoms with Crippen LogP contribution < -0.4 is 4.74 Å². The summed E-state index contributed by atoms with van der Waals surface area (Å²) in [5.41, 5.74) is 1.57. The predicted octanol–water partition coefficient (Wildman–Crippen LogP) is 2.99. The van der Waals surface area contributed by atoms with Gasteiger partial charge in [-0.25, -0.2) is 0 Å². The van der Waals surface area contributed by atoms with E-state index in [1.807, 2.05) is 19.1 Å². The Morgan fingerprint density at radius 3 is 2.40 bits per heavy atom. The molecule has 0 saturated carbocycles. The van der Waals surface area contributed by atoms with E-state index in [0.29, 0.717) is 16.2 Å². The van der Waals surface area contributed by atoms with Gasteiger partial charge in [0.1, 0.15) is 5.75 Å². The Hall–Kier alpha value is -1.94. The highest BCUT2D eigenvalue weighted by Crippen LogP contribution is 2.19. The van der Waals surface area contributed by atoms with Crippen LogP contribution in [-0.2, 0) is 10.8 Å². The van der Waals surface area contributed by atoms with Gasteiger partial charge in [-0.3, -0.25) is 9.00 Å². The summed E-state index contributed by atoms with van der Waals surface area (Å²) in [6.45, 7) is 1.96. The molecule has 0 amide bonds. The maximum absolute atomic E-state index is 12.2. The molecule has 0 N–H and O–H groups in total. The van der Waals surface area contributed by atoms with Crippen LogP contribution in [0.2, 0.25) is 0 Å². The second-order valence-electron chi connectivity index (χ2n) is 4.43. The van der Waals surface area contributed by atoms with E-state index >= 15 is 0 Å². The van der Waals surface area contributed by atoms with E-state index in [0.717, 1.165) is 5.56 Å². The topological polar surface area (TPSA) is 43.4 Å². The summed E-state index contributed by atoms with van der Waals surface area (Å²) in [6.07, 6.45) is 0. The number of Topliss-reactive ketones (excluding diaryl/α,β-unsaturated/α-hetero) is 1. The minimum atomic E-state index is -1.34. The first kappa shape index (κ1) is 14.5. The van der Waals surface area contributed by atoms with Crippen molar-refractivity contribution in [2.24, 2.45) is 0 Å². The van der Waals surface area contributed by atoms with E-state index < -0.39 is 10.8 Å². The average Bonchev–Trinajstić information content (AvgIpc) is 2.47. The van der Waals surface area contributed by atoms with Crippen LogP contribution in [0.15, 0.2) is 53.4 Å². The van der Waals surface area contributed by atoms with Crippen molar-refractivity contribution in [3.8, 4) is 5.75 Å². The molecule has 2 rings (SSSR count). The third kappa shape index (κ3) is 3.33. The molecule has 0 aliphatic carbocycles. The Kier molecular flexibility index (Phi) is 4.69. The monoisotopic (exact) mass is 288 g/mol. The largest absolute Gasteiger partial charge is 0.496 e. The van der Waals surface area contributed by atoms with Crippen molar-refractivity contribution in [2.75, 3.05) is 12.9 Å². The summed E-state index contributed by atoms with van der Waals surface area (Å²) in [5.74, 6) is 0.295. The second-order valence-corrected chi connectivity index (χ2v) is 5.88. The van der Waals surface area contributed by atoms with E-state index in [9.17, 15) is 9.00 Å². The molecule has 3 nitrogen and oxygen atoms in total. The zero-order chi connectivity index (χ0) is 14.5. The van der Waals surface area contributed by atoms with E-state index in [4.69, 9.17) is 4.74 Å². The standard InChI is InChI=1S/C16H16O3S/c1-12-7-9-13(10-8-12)20(18)11-15(17)14-5-3-4-6-16(14)19-2/h3-10H,11H2,1-2H3. The fraction of sp³-hybridized carbons (Fsp3) is 0.188. The van der Waals surface area contributed by atoms with Gasteiger partial charge in [-0.15, -0.1) is 0 Å². The van der Waals surface area contributed by atoms with Crippen molar-refractivity contribution in [2.45, 2.75) is 11.8 Å². The number of benzene rings is 2. The molecule has 104 valence electrons. The minimum Gasteiger partial charge on any atom is -0.496 e. The van der Waals surface area contributed by atoms with Crippen LogP contribution in [0.25, 0.3) is 0 Å². The highest BCUT2D eigenvalue weighted by Gasteiger charge is 2.15. The summed E-state index contributed by atoms with van der Waals surface area (Å²) in [6, 6.07) is 14.3. The average molecular weight is 288 g/mol. The van der Waals surface area contributed by atoms with Gasteiger partial charge in [-0.1, -0.05) is 29.8 Å². The number of hydrogen-bond donors (Lipinski definition) is 0. The molecule has 0 aliphatic rings. The molecule has 1 atom stereocenters. The van der Waals surface area contributed by atoms with Crippen molar-refractivity contribution >= 4 is 16.6 Å². The first-order valence-electron chi connectivity index (χ1n) is 6.23. The molecule has 0 spiro atoms. The highest BCUT2D eigenvalue weighted by atomic mass is 32.2. The molecular formula is C16H16O3S. The minimum absolute atomic E-state index is 0.0383. The van der Waals surface area contributed by atoms with Gasteiger partial charge in [-0.2, -0.15) is 0 Å². The van der Waals surface area contributed by atoms with Crippen molar-refractivity contribution in [3.63, 3.8) is 0 Å². The van der Waals surface area contributed by atoms with Gasteiger partial charge in [-0.05, 0) is 31.2 Å². The Labute approximate surface area is 121 Å². The number of hydrogen-bond acceptors (Lipinski definition) is 3. The normalized spacial score (nSPS) is 11.9. The Morgan fingerprint density at radius 1 is 1.10 bits per heavy atom. The fourth-order valence-electron chi connectivity index (χ4n) is 1.85. The molecule has 0 radical (unpaired) electrons. The number of para-hydroxylation sites is 1. The number of carbonyl (C=O) groups excluding carboxylic acids is 1. The van der Waals surface area contributed by atoms with E-state index in [2.05, 4.69) is 0 Å². The molecule has 1 unspecified atom stereocenters. The molecule has 0 fully saturated rings. The smallest absolute Gasteiger partial charge is 0.179 e. The molecule has 0 heterocycles. The lowest BCUT2D eigenvalue weighted by Crippen LogP contribution is -2.12. The zero-order valence-electron chi connectivity index (χ0n) is 11.5. The van der Waals surface area contributed by atoms with Crippen LogP contribution in [-0.4, -0.2) is 22.9 Å². The lowest BCUT2D eigenvalue weighted by atomic mass is 10.1. The Morgan fingerprint density at radius 2 is 1.75 bits per heavy atom. The molecule has 2 aromatic rings. The fourth-order valence-corrected chi connectivity index (χ4v) is 2.85. The maximum atomic E-state index is 12.2. The van der Waals surface area contributed by atoms with Crippen molar-refractivity contribution < 1.29 is 13.7 Å². The zero-order valence-corrected chi connectivity index (χ0v) is 12.3. The number of aryl methyl sites for hydroxylation is 1. The van der Waals surface area contributed by atoms with Gasteiger partial charge < -0.3 is 4.74 Å². The summed E-state index contributed by atoms with van der Waals surface area (Å²) in [5, 5.41) is 0. The van der Waals surface area contributed by atoms with Crippen LogP contribution in [0.3, 0.4) is 0 Å². The SMILES string of the molecule is COc1ccccc1C(=O)CS(=O)c1ccc(C)cc1. The van der Waals surface area contributed by atoms with Gasteiger partial charge in [0.15, 0.2) is 5.78 Å². The summed E-state index contributed by atoms with van der Waals surface area (Å²) < 4.78 is 17.3. The van der Waals surface area contributed by atoms with Gasteiger partial charge in [0, 0.05) is 4.90 Å². The van der Waals surface area contributed by atoms with Gasteiger partial charge in [0.25, 0.3) is 0 Å². The van der Waals surface area contributed by atoms with E-state index in [1.165, 1.54) is 7.11 Å². The van der Waals surface area contributed by atoms with Gasteiger partial charge in [0.2, 0.25) is 0 Å². The van der Waals surface area contributed by atoms with Gasteiger partial charge >= 0.3 is 0 Å².